The van der Waals surface area contributed by atoms with E-state index in [9.17, 15) is 10.1 Å². The van der Waals surface area contributed by atoms with Crippen LogP contribution in [0.5, 0.6) is 0 Å². The van der Waals surface area contributed by atoms with Crippen LogP contribution in [-0.2, 0) is 11.3 Å². The second-order valence-corrected chi connectivity index (χ2v) is 8.23. The van der Waals surface area contributed by atoms with Gasteiger partial charge in [-0.05, 0) is 31.2 Å². The van der Waals surface area contributed by atoms with Gasteiger partial charge in [0.1, 0.15) is 16.7 Å². The van der Waals surface area contributed by atoms with Crippen LogP contribution >= 0.6 is 23.5 Å². The molecule has 0 fully saturated rings. The Bertz CT molecular complexity index is 1140. The molecule has 0 saturated carbocycles. The summed E-state index contributed by atoms with van der Waals surface area (Å²) >= 11 is 2.85. The zero-order chi connectivity index (χ0) is 19.7. The number of carbonyl (C=O) groups is 1. The number of hydrogen-bond acceptors (Lipinski definition) is 6. The smallest absolute Gasteiger partial charge is 0.186 e. The van der Waals surface area contributed by atoms with Gasteiger partial charge in [-0.25, -0.2) is 4.98 Å². The number of nitrogens with zero attached hydrogens (tertiary/aromatic N) is 4. The second kappa shape index (κ2) is 7.74. The maximum atomic E-state index is 12.9. The second-order valence-electron chi connectivity index (χ2n) is 6.26. The number of imidazole rings is 1. The van der Waals surface area contributed by atoms with Crippen molar-refractivity contribution >= 4 is 46.0 Å². The first kappa shape index (κ1) is 18.7. The van der Waals surface area contributed by atoms with Gasteiger partial charge in [-0.15, -0.1) is 0 Å². The summed E-state index contributed by atoms with van der Waals surface area (Å²) in [5.74, 6) is 0.00450. The van der Waals surface area contributed by atoms with Gasteiger partial charge in [-0.2, -0.15) is 5.26 Å². The Morgan fingerprint density at radius 2 is 1.96 bits per heavy atom. The highest BCUT2D eigenvalue weighted by Crippen LogP contribution is 2.46. The molecule has 0 aliphatic carbocycles. The van der Waals surface area contributed by atoms with Crippen LogP contribution in [0.25, 0.3) is 11.0 Å². The molecule has 2 aromatic carbocycles. The number of aryl methyl sites for hydroxylation is 1. The van der Waals surface area contributed by atoms with Crippen LogP contribution < -0.4 is 4.90 Å². The maximum Gasteiger partial charge on any atom is 0.186 e. The molecule has 5 nitrogen and oxygen atoms in total. The number of nitriles is 1. The molecule has 0 saturated heterocycles. The van der Waals surface area contributed by atoms with Crippen molar-refractivity contribution in [2.75, 3.05) is 17.7 Å². The summed E-state index contributed by atoms with van der Waals surface area (Å²) in [5, 5.41) is 11.2. The molecule has 7 heteroatoms. The summed E-state index contributed by atoms with van der Waals surface area (Å²) in [7, 11) is 1.89. The van der Waals surface area contributed by atoms with Crippen molar-refractivity contribution in [1.29, 1.82) is 5.26 Å². The van der Waals surface area contributed by atoms with Crippen LogP contribution in [0.15, 0.2) is 69.2 Å². The maximum absolute atomic E-state index is 12.9. The van der Waals surface area contributed by atoms with E-state index in [1.165, 1.54) is 23.5 Å². The number of Topliss-reactive ketones (excluding diaryl/α,β-unsaturated/α-hetero) is 1. The highest BCUT2D eigenvalue weighted by molar-refractivity contribution is 8.03. The largest absolute Gasteiger partial charge is 0.337 e. The van der Waals surface area contributed by atoms with E-state index in [2.05, 4.69) is 22.5 Å². The number of allylic oxidation sites excluding steroid dienone is 1. The van der Waals surface area contributed by atoms with Crippen molar-refractivity contribution in [3.63, 3.8) is 0 Å². The van der Waals surface area contributed by atoms with Gasteiger partial charge in [0.05, 0.1) is 22.5 Å². The van der Waals surface area contributed by atoms with Gasteiger partial charge in [0, 0.05) is 18.5 Å². The lowest BCUT2D eigenvalue weighted by Gasteiger charge is -2.14. The molecule has 0 spiro atoms. The van der Waals surface area contributed by atoms with Gasteiger partial charge in [0.2, 0.25) is 0 Å². The molecule has 2 heterocycles. The van der Waals surface area contributed by atoms with Crippen molar-refractivity contribution in [3.8, 4) is 6.07 Å². The molecule has 140 valence electrons. The van der Waals surface area contributed by atoms with E-state index in [0.29, 0.717) is 5.03 Å². The van der Waals surface area contributed by atoms with Crippen LogP contribution in [-0.4, -0.2) is 28.1 Å². The predicted molar refractivity (Wildman–Crippen MR) is 114 cm³/mol. The molecule has 1 aliphatic heterocycles. The van der Waals surface area contributed by atoms with Gasteiger partial charge in [-0.1, -0.05) is 47.8 Å². The number of aromatic nitrogens is 2. The minimum absolute atomic E-state index is 0.177. The van der Waals surface area contributed by atoms with Crippen LogP contribution in [0, 0.1) is 11.3 Å². The normalized spacial score (nSPS) is 14.8. The fourth-order valence-corrected chi connectivity index (χ4v) is 5.33. The van der Waals surface area contributed by atoms with E-state index in [0.717, 1.165) is 33.3 Å². The molecule has 4 rings (SSSR count). The number of para-hydroxylation sites is 3. The molecule has 3 aromatic rings. The highest BCUT2D eigenvalue weighted by atomic mass is 32.2. The SMILES string of the molecule is CCn1c(SCC(=O)/C(C#N)=C2/Sc3ccccc3N2C)nc2ccccc21. The monoisotopic (exact) mass is 406 g/mol. The van der Waals surface area contributed by atoms with E-state index in [1.807, 2.05) is 60.5 Å². The van der Waals surface area contributed by atoms with Crippen LogP contribution in [0.3, 0.4) is 0 Å². The molecule has 0 N–H and O–H groups in total. The fourth-order valence-electron chi connectivity index (χ4n) is 3.22. The van der Waals surface area contributed by atoms with Crippen molar-refractivity contribution in [2.45, 2.75) is 23.5 Å². The van der Waals surface area contributed by atoms with Crippen molar-refractivity contribution in [2.24, 2.45) is 0 Å². The topological polar surface area (TPSA) is 61.9 Å². The first-order valence-corrected chi connectivity index (χ1v) is 10.7. The summed E-state index contributed by atoms with van der Waals surface area (Å²) in [5.41, 5.74) is 3.19. The summed E-state index contributed by atoms with van der Waals surface area (Å²) in [6, 6.07) is 18.0. The zero-order valence-electron chi connectivity index (χ0n) is 15.5. The minimum atomic E-state index is -0.177. The lowest BCUT2D eigenvalue weighted by Crippen LogP contribution is -2.16. The molecule has 1 aliphatic rings. The lowest BCUT2D eigenvalue weighted by molar-refractivity contribution is -0.112. The number of hydrogen-bond donors (Lipinski definition) is 0. The van der Waals surface area contributed by atoms with E-state index < -0.39 is 0 Å². The Kier molecular flexibility index (Phi) is 5.16. The van der Waals surface area contributed by atoms with Crippen molar-refractivity contribution in [1.82, 2.24) is 9.55 Å². The molecule has 0 amide bonds. The number of carbonyl (C=O) groups excluding carboxylic acids is 1. The minimum Gasteiger partial charge on any atom is -0.337 e. The third-order valence-corrected chi connectivity index (χ3v) is 6.82. The Morgan fingerprint density at radius 3 is 2.71 bits per heavy atom. The summed E-state index contributed by atoms with van der Waals surface area (Å²) in [4.78, 5) is 20.5. The number of fused-ring (bicyclic) bond motifs is 2. The number of ketones is 1. The quantitative estimate of drug-likeness (QED) is 0.348. The van der Waals surface area contributed by atoms with Gasteiger partial charge in [0.25, 0.3) is 0 Å². The average Bonchev–Trinajstić information content (AvgIpc) is 3.25. The van der Waals surface area contributed by atoms with Crippen molar-refractivity contribution in [3.05, 3.63) is 59.1 Å². The van der Waals surface area contributed by atoms with Crippen LogP contribution in [0.4, 0.5) is 5.69 Å². The first-order valence-electron chi connectivity index (χ1n) is 8.90. The van der Waals surface area contributed by atoms with Gasteiger partial charge < -0.3 is 9.47 Å². The van der Waals surface area contributed by atoms with E-state index >= 15 is 0 Å². The Morgan fingerprint density at radius 1 is 1.21 bits per heavy atom. The summed E-state index contributed by atoms with van der Waals surface area (Å²) < 4.78 is 2.10. The van der Waals surface area contributed by atoms with E-state index in [1.54, 1.807) is 0 Å². The van der Waals surface area contributed by atoms with Crippen LogP contribution in [0.2, 0.25) is 0 Å². The molecular formula is C21H18N4OS2. The van der Waals surface area contributed by atoms with Gasteiger partial charge in [-0.3, -0.25) is 4.79 Å². The molecule has 0 atom stereocenters. The molecule has 0 unspecified atom stereocenters. The van der Waals surface area contributed by atoms with Crippen molar-refractivity contribution < 1.29 is 4.79 Å². The number of rotatable bonds is 5. The third kappa shape index (κ3) is 3.19. The zero-order valence-corrected chi connectivity index (χ0v) is 17.2. The number of anilines is 1. The molecular weight excluding hydrogens is 388 g/mol. The fraction of sp³-hybridized carbons (Fsp3) is 0.190. The molecule has 1 aromatic heterocycles. The highest BCUT2D eigenvalue weighted by Gasteiger charge is 2.28. The Labute approximate surface area is 172 Å². The summed E-state index contributed by atoms with van der Waals surface area (Å²) in [6.07, 6.45) is 0. The molecule has 28 heavy (non-hydrogen) atoms. The Hall–Kier alpha value is -2.69. The van der Waals surface area contributed by atoms with E-state index in [-0.39, 0.29) is 17.1 Å². The van der Waals surface area contributed by atoms with E-state index in [4.69, 9.17) is 0 Å². The van der Waals surface area contributed by atoms with Crippen LogP contribution in [0.1, 0.15) is 6.92 Å². The number of benzene rings is 2. The predicted octanol–water partition coefficient (Wildman–Crippen LogP) is 4.69. The average molecular weight is 407 g/mol. The lowest BCUT2D eigenvalue weighted by atomic mass is 10.2. The van der Waals surface area contributed by atoms with Gasteiger partial charge >= 0.3 is 0 Å². The standard InChI is InChI=1S/C21H18N4OS2/c1-3-25-16-9-5-4-8-15(16)23-21(25)27-13-18(26)14(12-22)20-24(2)17-10-6-7-11-19(17)28-20/h4-11H,3,13H2,1-2H3/b20-14+. The molecule has 0 radical (unpaired) electrons. The number of thioether (sulfide) groups is 2. The third-order valence-electron chi connectivity index (χ3n) is 4.61. The summed E-state index contributed by atoms with van der Waals surface area (Å²) in [6.45, 7) is 2.83. The Balaban J connectivity index is 1.58. The molecule has 0 bridgehead atoms. The first-order chi connectivity index (χ1) is 13.6. The van der Waals surface area contributed by atoms with Gasteiger partial charge in [0.15, 0.2) is 10.9 Å².